The maximum absolute atomic E-state index is 14.7. The number of nitrogens with zero attached hydrogens (tertiary/aromatic N) is 2. The standard InChI is InChI=1S/C40H59N7O7S/c1-7-19-41-37(51)33(48)30(21-25-17-18-25)42-35(49)31-22-26(20-24(2)3)23-47(31)38(52)34(40(4,5)6)45-36(50)32(27-13-9-8-10-14-27)46-55(53,54)39-43-28-15-11-12-16-29(28)44-39/h7,11-12,15-16,24-27,30-32,34,46H,1,8-10,13-14,17-23H2,2-6H3,(H,41,51)(H,42,49)(H,43,44)(H,45,50)/t26-,30?,31+,32+,34-/m1/s1. The summed E-state index contributed by atoms with van der Waals surface area (Å²) in [4.78, 5) is 77.8. The van der Waals surface area contributed by atoms with Gasteiger partial charge in [0.2, 0.25) is 28.7 Å². The molecule has 2 saturated carbocycles. The first kappa shape index (κ1) is 42.0. The fraction of sp³-hybridized carbons (Fsp3) is 0.650. The second-order valence-corrected chi connectivity index (χ2v) is 18.8. The van der Waals surface area contributed by atoms with Gasteiger partial charge in [-0.05, 0) is 73.3 Å². The van der Waals surface area contributed by atoms with Crippen molar-refractivity contribution in [3.8, 4) is 0 Å². The normalized spacial score (nSPS) is 21.2. The van der Waals surface area contributed by atoms with Gasteiger partial charge in [-0.1, -0.05) is 84.9 Å². The van der Waals surface area contributed by atoms with Gasteiger partial charge in [0.25, 0.3) is 15.9 Å². The number of nitrogens with one attached hydrogen (secondary N) is 5. The van der Waals surface area contributed by atoms with Gasteiger partial charge in [-0.2, -0.15) is 4.72 Å². The van der Waals surface area contributed by atoms with Crippen molar-refractivity contribution < 1.29 is 32.4 Å². The summed E-state index contributed by atoms with van der Waals surface area (Å²) in [7, 11) is -4.28. The zero-order valence-electron chi connectivity index (χ0n) is 32.9. The number of aromatic nitrogens is 2. The average molecular weight is 782 g/mol. The SMILES string of the molecule is C=CCNC(=O)C(=O)C(CC1CC1)NC(=O)[C@@H]1C[C@@H](CC(C)C)CN1C(=O)[C@@H](NC(=O)[C@@H](NS(=O)(=O)c1nc2ccccc2[nH]1)C1CCCCC1)C(C)(C)C. The van der Waals surface area contributed by atoms with Crippen LogP contribution in [0.25, 0.3) is 11.0 Å². The van der Waals surface area contributed by atoms with Crippen molar-refractivity contribution in [3.05, 3.63) is 36.9 Å². The van der Waals surface area contributed by atoms with Crippen molar-refractivity contribution in [2.24, 2.45) is 29.1 Å². The van der Waals surface area contributed by atoms with Gasteiger partial charge in [0, 0.05) is 13.1 Å². The van der Waals surface area contributed by atoms with Crippen LogP contribution in [0.15, 0.2) is 42.1 Å². The number of imidazole rings is 1. The summed E-state index contributed by atoms with van der Waals surface area (Å²) < 4.78 is 30.2. The van der Waals surface area contributed by atoms with Crippen molar-refractivity contribution in [2.45, 2.75) is 128 Å². The fourth-order valence-corrected chi connectivity index (χ4v) is 9.21. The minimum Gasteiger partial charge on any atom is -0.346 e. The van der Waals surface area contributed by atoms with E-state index >= 15 is 0 Å². The van der Waals surface area contributed by atoms with E-state index in [1.165, 1.54) is 11.0 Å². The second kappa shape index (κ2) is 17.8. The molecule has 2 heterocycles. The third kappa shape index (κ3) is 10.8. The molecule has 0 radical (unpaired) electrons. The van der Waals surface area contributed by atoms with Gasteiger partial charge in [0.05, 0.1) is 17.1 Å². The van der Waals surface area contributed by atoms with Crippen LogP contribution in [0.3, 0.4) is 0 Å². The van der Waals surface area contributed by atoms with Crippen molar-refractivity contribution >= 4 is 50.5 Å². The van der Waals surface area contributed by atoms with E-state index in [0.717, 1.165) is 38.5 Å². The Morgan fingerprint density at radius 2 is 1.67 bits per heavy atom. The van der Waals surface area contributed by atoms with E-state index in [4.69, 9.17) is 0 Å². The number of ketones is 1. The Kier molecular flexibility index (Phi) is 13.6. The lowest BCUT2D eigenvalue weighted by Gasteiger charge is -2.37. The molecule has 55 heavy (non-hydrogen) atoms. The number of carbonyl (C=O) groups is 5. The maximum atomic E-state index is 14.7. The summed E-state index contributed by atoms with van der Waals surface area (Å²) in [5, 5.41) is 7.98. The Morgan fingerprint density at radius 3 is 2.29 bits per heavy atom. The highest BCUT2D eigenvalue weighted by molar-refractivity contribution is 7.89. The number of benzene rings is 1. The van der Waals surface area contributed by atoms with Crippen molar-refractivity contribution in [1.82, 2.24) is 35.5 Å². The van der Waals surface area contributed by atoms with Gasteiger partial charge >= 0.3 is 0 Å². The predicted octanol–water partition coefficient (Wildman–Crippen LogP) is 3.74. The molecule has 14 nitrogen and oxygen atoms in total. The largest absolute Gasteiger partial charge is 0.346 e. The van der Waals surface area contributed by atoms with E-state index in [-0.39, 0.29) is 41.9 Å². The summed E-state index contributed by atoms with van der Waals surface area (Å²) >= 11 is 0. The van der Waals surface area contributed by atoms with Crippen LogP contribution in [0, 0.1) is 29.1 Å². The van der Waals surface area contributed by atoms with E-state index in [1.807, 2.05) is 20.8 Å². The number of fused-ring (bicyclic) bond motifs is 1. The highest BCUT2D eigenvalue weighted by Gasteiger charge is 2.47. The smallest absolute Gasteiger partial charge is 0.289 e. The number of aromatic amines is 1. The summed E-state index contributed by atoms with van der Waals surface area (Å²) in [5.74, 6) is -2.98. The number of amides is 4. The highest BCUT2D eigenvalue weighted by atomic mass is 32.2. The Labute approximate surface area is 324 Å². The molecule has 1 aliphatic heterocycles. The number of likely N-dealkylation sites (tertiary alicyclic amines) is 1. The lowest BCUT2D eigenvalue weighted by molar-refractivity contribution is -0.145. The number of rotatable bonds is 17. The van der Waals surface area contributed by atoms with Gasteiger partial charge < -0.3 is 25.8 Å². The molecular formula is C40H59N7O7S. The zero-order valence-corrected chi connectivity index (χ0v) is 33.7. The first-order valence-electron chi connectivity index (χ1n) is 19.8. The molecule has 2 aromatic rings. The molecular weight excluding hydrogens is 723 g/mol. The predicted molar refractivity (Wildman–Crippen MR) is 209 cm³/mol. The molecule has 5 atom stereocenters. The minimum atomic E-state index is -4.28. The number of carbonyl (C=O) groups excluding carboxylic acids is 5. The molecule has 1 aromatic heterocycles. The van der Waals surface area contributed by atoms with E-state index in [2.05, 4.69) is 51.1 Å². The van der Waals surface area contributed by atoms with E-state index in [9.17, 15) is 32.4 Å². The molecule has 1 saturated heterocycles. The Balaban J connectivity index is 1.40. The van der Waals surface area contributed by atoms with Gasteiger partial charge in [-0.15, -0.1) is 6.58 Å². The van der Waals surface area contributed by atoms with E-state index in [0.29, 0.717) is 36.7 Å². The Morgan fingerprint density at radius 1 is 0.982 bits per heavy atom. The topological polar surface area (TPSA) is 200 Å². The summed E-state index contributed by atoms with van der Waals surface area (Å²) in [6, 6.07) is 2.65. The van der Waals surface area contributed by atoms with Crippen molar-refractivity contribution in [1.29, 1.82) is 0 Å². The lowest BCUT2D eigenvalue weighted by atomic mass is 9.82. The third-order valence-electron chi connectivity index (χ3n) is 11.0. The molecule has 1 aromatic carbocycles. The molecule has 4 amide bonds. The van der Waals surface area contributed by atoms with Crippen LogP contribution in [0.4, 0.5) is 0 Å². The van der Waals surface area contributed by atoms with Crippen molar-refractivity contribution in [3.63, 3.8) is 0 Å². The molecule has 3 aliphatic rings. The molecule has 302 valence electrons. The molecule has 3 fully saturated rings. The highest BCUT2D eigenvalue weighted by Crippen LogP contribution is 2.35. The van der Waals surface area contributed by atoms with Gasteiger partial charge in [-0.3, -0.25) is 24.0 Å². The molecule has 2 aliphatic carbocycles. The molecule has 15 heteroatoms. The molecule has 1 unspecified atom stereocenters. The number of H-pyrrole nitrogens is 1. The third-order valence-corrected chi connectivity index (χ3v) is 12.3. The van der Waals surface area contributed by atoms with E-state index in [1.54, 1.807) is 24.3 Å². The second-order valence-electron chi connectivity index (χ2n) is 17.2. The first-order valence-corrected chi connectivity index (χ1v) is 21.3. The lowest BCUT2D eigenvalue weighted by Crippen LogP contribution is -2.62. The van der Waals surface area contributed by atoms with Gasteiger partial charge in [0.15, 0.2) is 0 Å². The van der Waals surface area contributed by atoms with Gasteiger partial charge in [-0.25, -0.2) is 13.4 Å². The van der Waals surface area contributed by atoms with Crippen LogP contribution in [-0.2, 0) is 34.0 Å². The molecule has 5 N–H and O–H groups in total. The van der Waals surface area contributed by atoms with Crippen molar-refractivity contribution in [2.75, 3.05) is 13.1 Å². The van der Waals surface area contributed by atoms with Crippen LogP contribution in [-0.4, -0.2) is 90.0 Å². The quantitative estimate of drug-likeness (QED) is 0.118. The fourth-order valence-electron chi connectivity index (χ4n) is 8.01. The minimum absolute atomic E-state index is 0.0184. The maximum Gasteiger partial charge on any atom is 0.289 e. The van der Waals surface area contributed by atoms with Crippen LogP contribution in [0.2, 0.25) is 0 Å². The number of sulfonamides is 1. The summed E-state index contributed by atoms with van der Waals surface area (Å²) in [6.45, 7) is 13.5. The monoisotopic (exact) mass is 781 g/mol. The van der Waals surface area contributed by atoms with E-state index < -0.39 is 69.0 Å². The molecule has 0 spiro atoms. The number of para-hydroxylation sites is 2. The Hall–Kier alpha value is -4.11. The number of hydrogen-bond donors (Lipinski definition) is 5. The molecule has 5 rings (SSSR count). The number of hydrogen-bond acceptors (Lipinski definition) is 8. The Bertz CT molecular complexity index is 1810. The summed E-state index contributed by atoms with van der Waals surface area (Å²) in [5.41, 5.74) is 0.171. The first-order chi connectivity index (χ1) is 26.0. The number of Topliss-reactive ketones (excluding diaryl/α,β-unsaturated/α-hetero) is 1. The molecule has 0 bridgehead atoms. The van der Waals surface area contributed by atoms with Crippen LogP contribution < -0.4 is 20.7 Å². The van der Waals surface area contributed by atoms with Gasteiger partial charge in [0.1, 0.15) is 18.1 Å². The van der Waals surface area contributed by atoms with Crippen LogP contribution >= 0.6 is 0 Å². The zero-order chi connectivity index (χ0) is 40.1. The summed E-state index contributed by atoms with van der Waals surface area (Å²) in [6.07, 6.45) is 8.63. The van der Waals surface area contributed by atoms with Crippen LogP contribution in [0.1, 0.15) is 98.8 Å². The van der Waals surface area contributed by atoms with Crippen LogP contribution in [0.5, 0.6) is 0 Å². The average Bonchev–Trinajstić information content (AvgIpc) is 3.67.